The SMILES string of the molecule is CCNC(=O)c1cccc(NC(=O)c2cccnc2Nc2ccc(OCC)cc2)c1. The molecule has 30 heavy (non-hydrogen) atoms. The molecule has 0 spiro atoms. The van der Waals surface area contributed by atoms with Gasteiger partial charge in [-0.25, -0.2) is 4.98 Å². The minimum atomic E-state index is -0.329. The Bertz CT molecular complexity index is 1020. The van der Waals surface area contributed by atoms with E-state index in [9.17, 15) is 9.59 Å². The monoisotopic (exact) mass is 404 g/mol. The molecule has 0 saturated carbocycles. The van der Waals surface area contributed by atoms with Gasteiger partial charge < -0.3 is 20.7 Å². The van der Waals surface area contributed by atoms with Crippen LogP contribution in [0.15, 0.2) is 66.9 Å². The largest absolute Gasteiger partial charge is 0.494 e. The summed E-state index contributed by atoms with van der Waals surface area (Å²) in [6, 6.07) is 17.6. The van der Waals surface area contributed by atoms with E-state index in [0.717, 1.165) is 11.4 Å². The number of hydrogen-bond donors (Lipinski definition) is 3. The third kappa shape index (κ3) is 5.35. The maximum atomic E-state index is 12.9. The zero-order valence-electron chi connectivity index (χ0n) is 16.9. The van der Waals surface area contributed by atoms with Gasteiger partial charge in [-0.2, -0.15) is 0 Å². The predicted molar refractivity (Wildman–Crippen MR) is 118 cm³/mol. The number of nitrogens with one attached hydrogen (secondary N) is 3. The zero-order chi connectivity index (χ0) is 21.3. The molecule has 0 unspecified atom stereocenters. The third-order valence-corrected chi connectivity index (χ3v) is 4.20. The summed E-state index contributed by atoms with van der Waals surface area (Å²) in [5.41, 5.74) is 2.17. The second-order valence-electron chi connectivity index (χ2n) is 6.38. The molecule has 3 N–H and O–H groups in total. The fourth-order valence-corrected chi connectivity index (χ4v) is 2.83. The lowest BCUT2D eigenvalue weighted by atomic mass is 10.1. The van der Waals surface area contributed by atoms with Gasteiger partial charge in [0.05, 0.1) is 12.2 Å². The second-order valence-corrected chi connectivity index (χ2v) is 6.38. The molecule has 0 atom stereocenters. The topological polar surface area (TPSA) is 92.4 Å². The molecule has 154 valence electrons. The summed E-state index contributed by atoms with van der Waals surface area (Å²) in [5, 5.41) is 8.73. The van der Waals surface area contributed by atoms with Crippen molar-refractivity contribution in [3.63, 3.8) is 0 Å². The summed E-state index contributed by atoms with van der Waals surface area (Å²) in [6.45, 7) is 4.91. The van der Waals surface area contributed by atoms with E-state index in [4.69, 9.17) is 4.74 Å². The van der Waals surface area contributed by atoms with Gasteiger partial charge in [-0.15, -0.1) is 0 Å². The number of rotatable bonds is 8. The fourth-order valence-electron chi connectivity index (χ4n) is 2.83. The first-order valence-corrected chi connectivity index (χ1v) is 9.75. The van der Waals surface area contributed by atoms with E-state index in [1.807, 2.05) is 38.1 Å². The predicted octanol–water partition coefficient (Wildman–Crippen LogP) is 4.23. The Balaban J connectivity index is 1.76. The van der Waals surface area contributed by atoms with E-state index in [0.29, 0.717) is 35.8 Å². The number of carbonyl (C=O) groups is 2. The molecule has 7 heteroatoms. The van der Waals surface area contributed by atoms with Crippen LogP contribution in [-0.2, 0) is 0 Å². The van der Waals surface area contributed by atoms with E-state index >= 15 is 0 Å². The van der Waals surface area contributed by atoms with E-state index in [-0.39, 0.29) is 11.8 Å². The molecule has 0 bridgehead atoms. The molecule has 2 amide bonds. The molecule has 1 heterocycles. The van der Waals surface area contributed by atoms with Crippen molar-refractivity contribution in [3.8, 4) is 5.75 Å². The molecule has 0 aliphatic rings. The Labute approximate surface area is 175 Å². The molecule has 0 radical (unpaired) electrons. The second kappa shape index (κ2) is 10.1. The molecule has 0 aliphatic heterocycles. The van der Waals surface area contributed by atoms with Gasteiger partial charge in [-0.1, -0.05) is 6.07 Å². The minimum absolute atomic E-state index is 0.187. The van der Waals surface area contributed by atoms with Gasteiger partial charge in [0.25, 0.3) is 11.8 Å². The van der Waals surface area contributed by atoms with Crippen molar-refractivity contribution < 1.29 is 14.3 Å². The smallest absolute Gasteiger partial charge is 0.259 e. The minimum Gasteiger partial charge on any atom is -0.494 e. The quantitative estimate of drug-likeness (QED) is 0.523. The Morgan fingerprint density at radius 1 is 0.933 bits per heavy atom. The van der Waals surface area contributed by atoms with Crippen LogP contribution in [0.3, 0.4) is 0 Å². The van der Waals surface area contributed by atoms with E-state index in [2.05, 4.69) is 20.9 Å². The molecule has 0 fully saturated rings. The van der Waals surface area contributed by atoms with Crippen molar-refractivity contribution in [1.82, 2.24) is 10.3 Å². The maximum Gasteiger partial charge on any atom is 0.259 e. The highest BCUT2D eigenvalue weighted by Crippen LogP contribution is 2.22. The Morgan fingerprint density at radius 3 is 2.47 bits per heavy atom. The van der Waals surface area contributed by atoms with Crippen LogP contribution in [0.4, 0.5) is 17.2 Å². The summed E-state index contributed by atoms with van der Waals surface area (Å²) in [4.78, 5) is 29.2. The van der Waals surface area contributed by atoms with Crippen LogP contribution >= 0.6 is 0 Å². The highest BCUT2D eigenvalue weighted by molar-refractivity contribution is 6.08. The van der Waals surface area contributed by atoms with Crippen molar-refractivity contribution in [2.75, 3.05) is 23.8 Å². The first kappa shape index (κ1) is 20.9. The zero-order valence-corrected chi connectivity index (χ0v) is 16.9. The van der Waals surface area contributed by atoms with E-state index in [1.165, 1.54) is 0 Å². The molecule has 1 aromatic heterocycles. The first-order chi connectivity index (χ1) is 14.6. The van der Waals surface area contributed by atoms with Gasteiger partial charge in [0.2, 0.25) is 0 Å². The first-order valence-electron chi connectivity index (χ1n) is 9.75. The number of aromatic nitrogens is 1. The molecule has 3 aromatic rings. The van der Waals surface area contributed by atoms with Crippen LogP contribution < -0.4 is 20.7 Å². The van der Waals surface area contributed by atoms with Crippen LogP contribution in [-0.4, -0.2) is 29.9 Å². The fraction of sp³-hybridized carbons (Fsp3) is 0.174. The van der Waals surface area contributed by atoms with E-state index in [1.54, 1.807) is 42.6 Å². The van der Waals surface area contributed by atoms with Crippen molar-refractivity contribution in [1.29, 1.82) is 0 Å². The lowest BCUT2D eigenvalue weighted by molar-refractivity contribution is 0.0954. The summed E-state index contributed by atoms with van der Waals surface area (Å²) < 4.78 is 5.45. The lowest BCUT2D eigenvalue weighted by Crippen LogP contribution is -2.23. The van der Waals surface area contributed by atoms with Crippen LogP contribution in [0.25, 0.3) is 0 Å². The number of pyridine rings is 1. The molecule has 0 aliphatic carbocycles. The Hall–Kier alpha value is -3.87. The highest BCUT2D eigenvalue weighted by atomic mass is 16.5. The molecular formula is C23H24N4O3. The molecular weight excluding hydrogens is 380 g/mol. The molecule has 0 saturated heterocycles. The number of nitrogens with zero attached hydrogens (tertiary/aromatic N) is 1. The molecule has 3 rings (SSSR count). The average molecular weight is 404 g/mol. The van der Waals surface area contributed by atoms with Crippen molar-refractivity contribution in [2.24, 2.45) is 0 Å². The third-order valence-electron chi connectivity index (χ3n) is 4.20. The van der Waals surface area contributed by atoms with Crippen molar-refractivity contribution >= 4 is 29.0 Å². The molecule has 2 aromatic carbocycles. The lowest BCUT2D eigenvalue weighted by Gasteiger charge is -2.12. The van der Waals surface area contributed by atoms with Gasteiger partial charge in [0.1, 0.15) is 11.6 Å². The normalized spacial score (nSPS) is 10.2. The van der Waals surface area contributed by atoms with Crippen LogP contribution in [0.1, 0.15) is 34.6 Å². The Morgan fingerprint density at radius 2 is 1.73 bits per heavy atom. The number of benzene rings is 2. The van der Waals surface area contributed by atoms with Crippen LogP contribution in [0, 0.1) is 0 Å². The number of hydrogen-bond acceptors (Lipinski definition) is 5. The highest BCUT2D eigenvalue weighted by Gasteiger charge is 2.14. The van der Waals surface area contributed by atoms with Crippen LogP contribution in [0.5, 0.6) is 5.75 Å². The average Bonchev–Trinajstić information content (AvgIpc) is 2.76. The number of ether oxygens (including phenoxy) is 1. The maximum absolute atomic E-state index is 12.9. The van der Waals surface area contributed by atoms with Gasteiger partial charge in [-0.05, 0) is 68.4 Å². The summed E-state index contributed by atoms with van der Waals surface area (Å²) in [6.07, 6.45) is 1.61. The number of carbonyl (C=O) groups excluding carboxylic acids is 2. The van der Waals surface area contributed by atoms with Gasteiger partial charge in [0.15, 0.2) is 0 Å². The van der Waals surface area contributed by atoms with Crippen molar-refractivity contribution in [2.45, 2.75) is 13.8 Å². The number of amides is 2. The summed E-state index contributed by atoms with van der Waals surface area (Å²) in [7, 11) is 0. The standard InChI is InChI=1S/C23H24N4O3/c1-3-24-22(28)16-7-5-8-18(15-16)27-23(29)20-9-6-14-25-21(20)26-17-10-12-19(13-11-17)30-4-2/h5-15H,3-4H2,1-2H3,(H,24,28)(H,25,26)(H,27,29). The van der Waals surface area contributed by atoms with Gasteiger partial charge >= 0.3 is 0 Å². The molecule has 7 nitrogen and oxygen atoms in total. The van der Waals surface area contributed by atoms with E-state index < -0.39 is 0 Å². The van der Waals surface area contributed by atoms with Crippen LogP contribution in [0.2, 0.25) is 0 Å². The number of anilines is 3. The van der Waals surface area contributed by atoms with Gasteiger partial charge in [0, 0.05) is 29.7 Å². The summed E-state index contributed by atoms with van der Waals surface area (Å²) >= 11 is 0. The van der Waals surface area contributed by atoms with Gasteiger partial charge in [-0.3, -0.25) is 9.59 Å². The Kier molecular flexibility index (Phi) is 7.00. The van der Waals surface area contributed by atoms with Crippen molar-refractivity contribution in [3.05, 3.63) is 78.0 Å². The summed E-state index contributed by atoms with van der Waals surface area (Å²) in [5.74, 6) is 0.686.